The van der Waals surface area contributed by atoms with E-state index in [9.17, 15) is 29.1 Å². The van der Waals surface area contributed by atoms with Crippen LogP contribution in [0.2, 0.25) is 0 Å². The third-order valence-electron chi connectivity index (χ3n) is 9.54. The standard InChI is InChI=1S/C35H42N6O6/c42-25-18-30-33(45)39-28(16-22-8-2-1-3-9-22)32(44)36-14-15-40(34(46)23-10-4-5-11-23)21-31(43)38-29(35(47)41(30)20-25)17-24-19-37-27-13-7-6-12-26(24)27/h1-3,6-9,12-13,19,23,25,28-30,37,42H,4-5,10-11,14-18,20-21H2,(H,36,44)(H,38,43)(H,39,45)/t25-,28+,29-,30+/m1/s1. The summed E-state index contributed by atoms with van der Waals surface area (Å²) in [5.74, 6) is -2.38. The second-order valence-corrected chi connectivity index (χ2v) is 12.9. The minimum atomic E-state index is -1.07. The molecule has 248 valence electrons. The molecule has 0 bridgehead atoms. The average molecular weight is 643 g/mol. The molecule has 3 aliphatic rings. The third kappa shape index (κ3) is 7.48. The van der Waals surface area contributed by atoms with Crippen LogP contribution in [0.15, 0.2) is 60.8 Å². The maximum Gasteiger partial charge on any atom is 0.246 e. The summed E-state index contributed by atoms with van der Waals surface area (Å²) in [7, 11) is 0. The van der Waals surface area contributed by atoms with Gasteiger partial charge in [-0.3, -0.25) is 24.0 Å². The van der Waals surface area contributed by atoms with Gasteiger partial charge in [-0.1, -0.05) is 61.4 Å². The summed E-state index contributed by atoms with van der Waals surface area (Å²) in [5, 5.41) is 20.1. The van der Waals surface area contributed by atoms with Gasteiger partial charge in [-0.15, -0.1) is 0 Å². The second-order valence-electron chi connectivity index (χ2n) is 12.9. The molecule has 1 aliphatic carbocycles. The summed E-state index contributed by atoms with van der Waals surface area (Å²) >= 11 is 0. The second kappa shape index (κ2) is 14.4. The number of rotatable bonds is 5. The fourth-order valence-electron chi connectivity index (χ4n) is 7.10. The molecule has 12 nitrogen and oxygen atoms in total. The van der Waals surface area contributed by atoms with Gasteiger partial charge >= 0.3 is 0 Å². The molecule has 5 N–H and O–H groups in total. The summed E-state index contributed by atoms with van der Waals surface area (Å²) in [5.41, 5.74) is 2.51. The average Bonchev–Trinajstić information content (AvgIpc) is 3.84. The smallest absolute Gasteiger partial charge is 0.246 e. The van der Waals surface area contributed by atoms with E-state index < -0.39 is 47.9 Å². The molecule has 2 aromatic carbocycles. The van der Waals surface area contributed by atoms with E-state index in [2.05, 4.69) is 20.9 Å². The van der Waals surface area contributed by atoms with Gasteiger partial charge < -0.3 is 35.8 Å². The third-order valence-corrected chi connectivity index (χ3v) is 9.54. The molecule has 47 heavy (non-hydrogen) atoms. The number of benzene rings is 2. The SMILES string of the molecule is O=C1CN(C(=O)C2CCCC2)CCNC(=O)[C@H](Cc2ccccc2)NC(=O)[C@@H]2C[C@@H](O)CN2C(=O)[C@@H](Cc2c[nH]c3ccccc23)N1. The lowest BCUT2D eigenvalue weighted by Crippen LogP contribution is -2.57. The monoisotopic (exact) mass is 642 g/mol. The number of carbonyl (C=O) groups is 5. The summed E-state index contributed by atoms with van der Waals surface area (Å²) < 4.78 is 0. The van der Waals surface area contributed by atoms with Gasteiger partial charge in [0.25, 0.3) is 0 Å². The molecule has 3 fully saturated rings. The summed E-state index contributed by atoms with van der Waals surface area (Å²) in [6.45, 7) is -0.196. The van der Waals surface area contributed by atoms with Crippen molar-refractivity contribution in [3.63, 3.8) is 0 Å². The van der Waals surface area contributed by atoms with Gasteiger partial charge in [0.2, 0.25) is 29.5 Å². The molecule has 0 unspecified atom stereocenters. The van der Waals surface area contributed by atoms with Crippen LogP contribution in [-0.4, -0.2) is 99.8 Å². The number of hydrogen-bond donors (Lipinski definition) is 5. The molecule has 1 aromatic heterocycles. The molecular weight excluding hydrogens is 600 g/mol. The van der Waals surface area contributed by atoms with Gasteiger partial charge in [-0.05, 0) is 30.0 Å². The molecule has 12 heteroatoms. The number of carbonyl (C=O) groups excluding carboxylic acids is 5. The Bertz CT molecular complexity index is 1620. The Hall–Kier alpha value is -4.71. The Kier molecular flexibility index (Phi) is 9.86. The highest BCUT2D eigenvalue weighted by atomic mass is 16.3. The number of aromatic nitrogens is 1. The van der Waals surface area contributed by atoms with Crippen molar-refractivity contribution in [1.29, 1.82) is 0 Å². The zero-order valence-corrected chi connectivity index (χ0v) is 26.3. The maximum atomic E-state index is 14.3. The number of aliphatic hydroxyl groups is 1. The molecule has 2 saturated heterocycles. The van der Waals surface area contributed by atoms with Crippen LogP contribution in [0.1, 0.15) is 43.2 Å². The number of hydrogen-bond acceptors (Lipinski definition) is 6. The molecule has 3 heterocycles. The van der Waals surface area contributed by atoms with Gasteiger partial charge in [0.15, 0.2) is 0 Å². The number of aliphatic hydroxyl groups excluding tert-OH is 1. The fraction of sp³-hybridized carbons (Fsp3) is 0.457. The van der Waals surface area contributed by atoms with E-state index in [1.807, 2.05) is 54.6 Å². The minimum Gasteiger partial charge on any atom is -0.391 e. The predicted molar refractivity (Wildman–Crippen MR) is 174 cm³/mol. The number of nitrogens with one attached hydrogen (secondary N) is 4. The van der Waals surface area contributed by atoms with E-state index >= 15 is 0 Å². The van der Waals surface area contributed by atoms with Crippen molar-refractivity contribution in [2.75, 3.05) is 26.2 Å². The largest absolute Gasteiger partial charge is 0.391 e. The lowest BCUT2D eigenvalue weighted by molar-refractivity contribution is -0.143. The Labute approximate surface area is 273 Å². The van der Waals surface area contributed by atoms with Crippen LogP contribution in [0.5, 0.6) is 0 Å². The van der Waals surface area contributed by atoms with E-state index in [-0.39, 0.29) is 57.3 Å². The molecule has 1 saturated carbocycles. The lowest BCUT2D eigenvalue weighted by atomic mass is 10.0. The topological polar surface area (TPSA) is 164 Å². The van der Waals surface area contributed by atoms with E-state index in [0.29, 0.717) is 0 Å². The van der Waals surface area contributed by atoms with Gasteiger partial charge in [-0.25, -0.2) is 0 Å². The van der Waals surface area contributed by atoms with Crippen LogP contribution in [0.3, 0.4) is 0 Å². The first kappa shape index (κ1) is 32.2. The van der Waals surface area contributed by atoms with Crippen LogP contribution >= 0.6 is 0 Å². The van der Waals surface area contributed by atoms with Crippen molar-refractivity contribution >= 4 is 40.4 Å². The van der Waals surface area contributed by atoms with Crippen molar-refractivity contribution in [2.24, 2.45) is 5.92 Å². The van der Waals surface area contributed by atoms with Crippen LogP contribution in [0.4, 0.5) is 0 Å². The first-order valence-electron chi connectivity index (χ1n) is 16.5. The highest BCUT2D eigenvalue weighted by Gasteiger charge is 2.43. The normalized spacial score (nSPS) is 25.1. The molecule has 0 radical (unpaired) electrons. The highest BCUT2D eigenvalue weighted by Crippen LogP contribution is 2.27. The maximum absolute atomic E-state index is 14.3. The molecule has 4 atom stereocenters. The first-order valence-corrected chi connectivity index (χ1v) is 16.5. The Morgan fingerprint density at radius 3 is 2.40 bits per heavy atom. The molecule has 2 aliphatic heterocycles. The first-order chi connectivity index (χ1) is 22.8. The molecule has 0 spiro atoms. The molecule has 6 rings (SSSR count). The fourth-order valence-corrected chi connectivity index (χ4v) is 7.10. The van der Waals surface area contributed by atoms with Crippen molar-refractivity contribution in [3.8, 4) is 0 Å². The van der Waals surface area contributed by atoms with Crippen LogP contribution in [-0.2, 0) is 36.8 Å². The number of amides is 5. The molecule has 5 amide bonds. The van der Waals surface area contributed by atoms with Crippen LogP contribution < -0.4 is 16.0 Å². The van der Waals surface area contributed by atoms with Crippen molar-refractivity contribution in [3.05, 3.63) is 71.9 Å². The van der Waals surface area contributed by atoms with Crippen molar-refractivity contribution in [2.45, 2.75) is 69.2 Å². The number of nitrogens with zero attached hydrogens (tertiary/aromatic N) is 2. The van der Waals surface area contributed by atoms with Crippen LogP contribution in [0, 0.1) is 5.92 Å². The Morgan fingerprint density at radius 1 is 0.872 bits per heavy atom. The van der Waals surface area contributed by atoms with Gasteiger partial charge in [0.05, 0.1) is 12.6 Å². The minimum absolute atomic E-state index is 0.00529. The molecular formula is C35H42N6O6. The predicted octanol–water partition coefficient (Wildman–Crippen LogP) is 1.03. The summed E-state index contributed by atoms with van der Waals surface area (Å²) in [6, 6.07) is 13.8. The quantitative estimate of drug-likeness (QED) is 0.279. The number of aromatic amines is 1. The van der Waals surface area contributed by atoms with E-state index in [1.165, 1.54) is 9.80 Å². The Balaban J connectivity index is 1.32. The highest BCUT2D eigenvalue weighted by molar-refractivity contribution is 5.96. The van der Waals surface area contributed by atoms with Crippen molar-refractivity contribution < 1.29 is 29.1 Å². The summed E-state index contributed by atoms with van der Waals surface area (Å²) in [4.78, 5) is 74.8. The lowest BCUT2D eigenvalue weighted by Gasteiger charge is -2.30. The van der Waals surface area contributed by atoms with Gasteiger partial charge in [0, 0.05) is 61.9 Å². The zero-order valence-electron chi connectivity index (χ0n) is 26.3. The summed E-state index contributed by atoms with van der Waals surface area (Å²) in [6.07, 6.45) is 4.54. The number of H-pyrrole nitrogens is 1. The van der Waals surface area contributed by atoms with E-state index in [1.54, 1.807) is 6.20 Å². The van der Waals surface area contributed by atoms with Gasteiger partial charge in [-0.2, -0.15) is 0 Å². The van der Waals surface area contributed by atoms with Crippen LogP contribution in [0.25, 0.3) is 10.9 Å². The van der Waals surface area contributed by atoms with Crippen molar-refractivity contribution in [1.82, 2.24) is 30.7 Å². The van der Waals surface area contributed by atoms with E-state index in [0.717, 1.165) is 47.7 Å². The zero-order chi connectivity index (χ0) is 32.9. The number of para-hydroxylation sites is 1. The Morgan fingerprint density at radius 2 is 1.62 bits per heavy atom. The van der Waals surface area contributed by atoms with Gasteiger partial charge in [0.1, 0.15) is 18.1 Å². The van der Waals surface area contributed by atoms with E-state index in [4.69, 9.17) is 0 Å². The number of fused-ring (bicyclic) bond motifs is 2. The molecule has 3 aromatic rings.